The number of piperidine rings is 1. The van der Waals surface area contributed by atoms with Crippen LogP contribution >= 0.6 is 27.5 Å². The zero-order valence-corrected chi connectivity index (χ0v) is 19.7. The van der Waals surface area contributed by atoms with Gasteiger partial charge in [0.15, 0.2) is 0 Å². The molecule has 0 aromatic heterocycles. The monoisotopic (exact) mass is 496 g/mol. The van der Waals surface area contributed by atoms with E-state index in [2.05, 4.69) is 51.2 Å². The molecule has 0 bridgehead atoms. The lowest BCUT2D eigenvalue weighted by Gasteiger charge is -2.39. The first-order chi connectivity index (χ1) is 15.1. The van der Waals surface area contributed by atoms with Gasteiger partial charge in [-0.25, -0.2) is 0 Å². The second-order valence-electron chi connectivity index (χ2n) is 8.02. The Kier molecular flexibility index (Phi) is 7.44. The van der Waals surface area contributed by atoms with Crippen LogP contribution in [0.3, 0.4) is 0 Å². The van der Waals surface area contributed by atoms with Crippen LogP contribution in [0.4, 0.5) is 0 Å². The van der Waals surface area contributed by atoms with Gasteiger partial charge in [-0.3, -0.25) is 9.69 Å². The Morgan fingerprint density at radius 3 is 2.26 bits per heavy atom. The maximum Gasteiger partial charge on any atom is 0.254 e. The molecule has 3 aromatic rings. The molecule has 5 heteroatoms. The molecule has 0 N–H and O–H groups in total. The number of rotatable bonds is 6. The summed E-state index contributed by atoms with van der Waals surface area (Å²) in [6.45, 7) is 3.44. The molecule has 1 fully saturated rings. The minimum absolute atomic E-state index is 0.0638. The van der Waals surface area contributed by atoms with Gasteiger partial charge in [-0.2, -0.15) is 0 Å². The average molecular weight is 498 g/mol. The summed E-state index contributed by atoms with van der Waals surface area (Å²) in [4.78, 5) is 18.0. The van der Waals surface area contributed by atoms with Gasteiger partial charge in [0.25, 0.3) is 5.91 Å². The molecule has 1 aliphatic heterocycles. The van der Waals surface area contributed by atoms with E-state index in [1.807, 2.05) is 53.4 Å². The predicted molar refractivity (Wildman–Crippen MR) is 130 cm³/mol. The molecular weight excluding hydrogens is 472 g/mol. The van der Waals surface area contributed by atoms with Gasteiger partial charge >= 0.3 is 0 Å². The van der Waals surface area contributed by atoms with Gasteiger partial charge in [0.05, 0.1) is 0 Å². The lowest BCUT2D eigenvalue weighted by Crippen LogP contribution is -2.46. The largest absolute Gasteiger partial charge is 0.331 e. The Balaban J connectivity index is 1.49. The molecule has 31 heavy (non-hydrogen) atoms. The molecule has 1 amide bonds. The van der Waals surface area contributed by atoms with E-state index < -0.39 is 0 Å². The second kappa shape index (κ2) is 10.4. The quantitative estimate of drug-likeness (QED) is 0.393. The van der Waals surface area contributed by atoms with Gasteiger partial charge in [-0.15, -0.1) is 0 Å². The van der Waals surface area contributed by atoms with Crippen LogP contribution in [-0.2, 0) is 13.1 Å². The van der Waals surface area contributed by atoms with Crippen LogP contribution in [0.15, 0.2) is 83.3 Å². The minimum atomic E-state index is 0.0638. The maximum atomic E-state index is 13.5. The number of hydrogen-bond acceptors (Lipinski definition) is 2. The van der Waals surface area contributed by atoms with Crippen molar-refractivity contribution in [3.05, 3.63) is 105 Å². The molecular formula is C26H26BrClN2O. The molecule has 0 spiro atoms. The molecule has 1 saturated heterocycles. The molecule has 4 rings (SSSR count). The summed E-state index contributed by atoms with van der Waals surface area (Å²) in [5, 5.41) is 0.706. The molecule has 0 radical (unpaired) electrons. The third-order valence-corrected chi connectivity index (χ3v) is 6.79. The number of nitrogens with zero attached hydrogens (tertiary/aromatic N) is 2. The lowest BCUT2D eigenvalue weighted by atomic mass is 10.00. The third-order valence-electron chi connectivity index (χ3n) is 5.90. The highest BCUT2D eigenvalue weighted by Crippen LogP contribution is 2.25. The molecule has 0 unspecified atom stereocenters. The first-order valence-corrected chi connectivity index (χ1v) is 11.8. The normalized spacial score (nSPS) is 15.0. The fourth-order valence-corrected chi connectivity index (χ4v) is 4.63. The van der Waals surface area contributed by atoms with Crippen molar-refractivity contribution in [2.45, 2.75) is 32.0 Å². The van der Waals surface area contributed by atoms with Crippen LogP contribution in [0.2, 0.25) is 5.02 Å². The zero-order chi connectivity index (χ0) is 21.6. The van der Waals surface area contributed by atoms with Crippen molar-refractivity contribution in [1.29, 1.82) is 0 Å². The predicted octanol–water partition coefficient (Wildman–Crippen LogP) is 6.41. The Bertz CT molecular complexity index is 1000. The van der Waals surface area contributed by atoms with Crippen molar-refractivity contribution < 1.29 is 4.79 Å². The number of benzene rings is 3. The summed E-state index contributed by atoms with van der Waals surface area (Å²) in [5.74, 6) is 0.0638. The van der Waals surface area contributed by atoms with Crippen LogP contribution in [-0.4, -0.2) is 34.8 Å². The smallest absolute Gasteiger partial charge is 0.254 e. The number of halogens is 2. The van der Waals surface area contributed by atoms with E-state index in [1.54, 1.807) is 0 Å². The van der Waals surface area contributed by atoms with Gasteiger partial charge in [0.1, 0.15) is 0 Å². The van der Waals surface area contributed by atoms with Crippen LogP contribution in [0, 0.1) is 0 Å². The van der Waals surface area contributed by atoms with Gasteiger partial charge < -0.3 is 4.90 Å². The standard InChI is InChI=1S/C26H26BrClN2O/c27-23-12-10-21(11-13-23)26(31)30(19-22-8-4-5-9-25(22)28)24-14-16-29(17-15-24)18-20-6-2-1-3-7-20/h1-13,24H,14-19H2. The van der Waals surface area contributed by atoms with Crippen LogP contribution in [0.1, 0.15) is 34.3 Å². The number of carbonyl (C=O) groups excluding carboxylic acids is 1. The van der Waals surface area contributed by atoms with Crippen LogP contribution in [0.25, 0.3) is 0 Å². The maximum absolute atomic E-state index is 13.5. The summed E-state index contributed by atoms with van der Waals surface area (Å²) in [6, 6.07) is 26.2. The average Bonchev–Trinajstić information content (AvgIpc) is 2.80. The highest BCUT2D eigenvalue weighted by atomic mass is 79.9. The van der Waals surface area contributed by atoms with Gasteiger partial charge in [-0.1, -0.05) is 76.1 Å². The minimum Gasteiger partial charge on any atom is -0.331 e. The van der Waals surface area contributed by atoms with E-state index in [4.69, 9.17) is 11.6 Å². The van der Waals surface area contributed by atoms with E-state index in [0.29, 0.717) is 17.1 Å². The summed E-state index contributed by atoms with van der Waals surface area (Å²) >= 11 is 9.90. The molecule has 0 aliphatic carbocycles. The molecule has 1 aliphatic rings. The Labute approximate surface area is 197 Å². The zero-order valence-electron chi connectivity index (χ0n) is 17.4. The lowest BCUT2D eigenvalue weighted by molar-refractivity contribution is 0.0543. The molecule has 160 valence electrons. The number of likely N-dealkylation sites (tertiary alicyclic amines) is 1. The Hall–Kier alpha value is -2.14. The van der Waals surface area contributed by atoms with Crippen molar-refractivity contribution >= 4 is 33.4 Å². The first kappa shape index (κ1) is 22.1. The summed E-state index contributed by atoms with van der Waals surface area (Å²) in [7, 11) is 0. The van der Waals surface area contributed by atoms with Crippen molar-refractivity contribution in [2.75, 3.05) is 13.1 Å². The SMILES string of the molecule is O=C(c1ccc(Br)cc1)N(Cc1ccccc1Cl)C1CCN(Cc2ccccc2)CC1. The first-order valence-electron chi connectivity index (χ1n) is 10.7. The topological polar surface area (TPSA) is 23.6 Å². The van der Waals surface area contributed by atoms with E-state index >= 15 is 0 Å². The summed E-state index contributed by atoms with van der Waals surface area (Å²) in [6.07, 6.45) is 1.92. The van der Waals surface area contributed by atoms with Gasteiger partial charge in [0, 0.05) is 47.3 Å². The molecule has 1 heterocycles. The van der Waals surface area contributed by atoms with E-state index in [-0.39, 0.29) is 11.9 Å². The highest BCUT2D eigenvalue weighted by molar-refractivity contribution is 9.10. The molecule has 3 nitrogen and oxygen atoms in total. The summed E-state index contributed by atoms with van der Waals surface area (Å²) in [5.41, 5.74) is 3.03. The van der Waals surface area contributed by atoms with Crippen molar-refractivity contribution in [3.8, 4) is 0 Å². The van der Waals surface area contributed by atoms with Crippen molar-refractivity contribution in [2.24, 2.45) is 0 Å². The molecule has 3 aromatic carbocycles. The highest BCUT2D eigenvalue weighted by Gasteiger charge is 2.29. The van der Waals surface area contributed by atoms with E-state index in [1.165, 1.54) is 5.56 Å². The Morgan fingerprint density at radius 1 is 0.935 bits per heavy atom. The number of carbonyl (C=O) groups is 1. The molecule has 0 saturated carbocycles. The fraction of sp³-hybridized carbons (Fsp3) is 0.269. The second-order valence-corrected chi connectivity index (χ2v) is 9.35. The van der Waals surface area contributed by atoms with Gasteiger partial charge in [0.2, 0.25) is 0 Å². The van der Waals surface area contributed by atoms with Crippen molar-refractivity contribution in [3.63, 3.8) is 0 Å². The van der Waals surface area contributed by atoms with Crippen LogP contribution in [0.5, 0.6) is 0 Å². The summed E-state index contributed by atoms with van der Waals surface area (Å²) < 4.78 is 0.968. The fourth-order valence-electron chi connectivity index (χ4n) is 4.17. The molecule has 0 atom stereocenters. The van der Waals surface area contributed by atoms with Crippen LogP contribution < -0.4 is 0 Å². The van der Waals surface area contributed by atoms with E-state index in [0.717, 1.165) is 42.5 Å². The van der Waals surface area contributed by atoms with Gasteiger partial charge in [-0.05, 0) is 54.3 Å². The van der Waals surface area contributed by atoms with E-state index in [9.17, 15) is 4.79 Å². The number of hydrogen-bond donors (Lipinski definition) is 0. The number of amides is 1. The third kappa shape index (κ3) is 5.76. The van der Waals surface area contributed by atoms with Crippen molar-refractivity contribution in [1.82, 2.24) is 9.80 Å². The Morgan fingerprint density at radius 2 is 1.58 bits per heavy atom.